The number of likely N-dealkylation sites (tertiary alicyclic amines) is 1. The van der Waals surface area contributed by atoms with E-state index in [2.05, 4.69) is 17.3 Å². The molecular weight excluding hydrogens is 266 g/mol. The minimum Gasteiger partial charge on any atom is -0.478 e. The van der Waals surface area contributed by atoms with Crippen LogP contribution in [0.5, 0.6) is 0 Å². The van der Waals surface area contributed by atoms with Gasteiger partial charge in [0.1, 0.15) is 0 Å². The standard InChI is InChI=1S/C13H18ClN3O2/c1-17-4-2-9(3-5-17)16-12-10(13(18)19)6-8(15)7-11(12)14/h6-7,9,16H,2-5,15H2,1H3,(H,18,19). The summed E-state index contributed by atoms with van der Waals surface area (Å²) in [5, 5.41) is 12.8. The van der Waals surface area contributed by atoms with E-state index < -0.39 is 5.97 Å². The first kappa shape index (κ1) is 14.0. The smallest absolute Gasteiger partial charge is 0.337 e. The van der Waals surface area contributed by atoms with Gasteiger partial charge >= 0.3 is 5.97 Å². The van der Waals surface area contributed by atoms with Crippen LogP contribution in [0, 0.1) is 0 Å². The van der Waals surface area contributed by atoms with E-state index in [1.165, 1.54) is 6.07 Å². The number of benzene rings is 1. The van der Waals surface area contributed by atoms with Crippen LogP contribution in [0.4, 0.5) is 11.4 Å². The molecule has 0 amide bonds. The van der Waals surface area contributed by atoms with E-state index >= 15 is 0 Å². The fourth-order valence-corrected chi connectivity index (χ4v) is 2.58. The van der Waals surface area contributed by atoms with Gasteiger partial charge in [-0.3, -0.25) is 0 Å². The van der Waals surface area contributed by atoms with Gasteiger partial charge in [0.25, 0.3) is 0 Å². The van der Waals surface area contributed by atoms with Crippen molar-refractivity contribution in [2.45, 2.75) is 18.9 Å². The van der Waals surface area contributed by atoms with Crippen molar-refractivity contribution in [3.63, 3.8) is 0 Å². The van der Waals surface area contributed by atoms with Crippen LogP contribution in [0.25, 0.3) is 0 Å². The van der Waals surface area contributed by atoms with Gasteiger partial charge < -0.3 is 21.1 Å². The van der Waals surface area contributed by atoms with Crippen molar-refractivity contribution in [1.82, 2.24) is 4.90 Å². The zero-order chi connectivity index (χ0) is 14.0. The van der Waals surface area contributed by atoms with Crippen molar-refractivity contribution in [2.24, 2.45) is 0 Å². The SMILES string of the molecule is CN1CCC(Nc2c(Cl)cc(N)cc2C(=O)O)CC1. The molecule has 4 N–H and O–H groups in total. The molecule has 1 saturated heterocycles. The van der Waals surface area contributed by atoms with Gasteiger partial charge in [-0.05, 0) is 45.1 Å². The number of nitrogen functional groups attached to an aromatic ring is 1. The number of rotatable bonds is 3. The topological polar surface area (TPSA) is 78.6 Å². The predicted octanol–water partition coefficient (Wildman–Crippen LogP) is 2.13. The highest BCUT2D eigenvalue weighted by atomic mass is 35.5. The first-order chi connectivity index (χ1) is 8.97. The molecule has 0 atom stereocenters. The van der Waals surface area contributed by atoms with E-state index in [4.69, 9.17) is 17.3 Å². The highest BCUT2D eigenvalue weighted by Gasteiger charge is 2.21. The van der Waals surface area contributed by atoms with E-state index in [1.807, 2.05) is 0 Å². The molecule has 0 bridgehead atoms. The number of halogens is 1. The van der Waals surface area contributed by atoms with E-state index in [0.29, 0.717) is 16.4 Å². The van der Waals surface area contributed by atoms with Crippen LogP contribution < -0.4 is 11.1 Å². The first-order valence-corrected chi connectivity index (χ1v) is 6.62. The lowest BCUT2D eigenvalue weighted by Gasteiger charge is -2.30. The Bertz CT molecular complexity index is 485. The number of hydrogen-bond acceptors (Lipinski definition) is 4. The zero-order valence-electron chi connectivity index (χ0n) is 10.8. The molecule has 0 unspecified atom stereocenters. The summed E-state index contributed by atoms with van der Waals surface area (Å²) in [6, 6.07) is 3.26. The van der Waals surface area contributed by atoms with Crippen LogP contribution in [0.1, 0.15) is 23.2 Å². The molecule has 0 saturated carbocycles. The Balaban J connectivity index is 2.21. The van der Waals surface area contributed by atoms with Crippen LogP contribution in [0.15, 0.2) is 12.1 Å². The maximum absolute atomic E-state index is 11.3. The second-order valence-electron chi connectivity index (χ2n) is 4.95. The van der Waals surface area contributed by atoms with Gasteiger partial charge in [0, 0.05) is 11.7 Å². The van der Waals surface area contributed by atoms with Crippen molar-refractivity contribution < 1.29 is 9.90 Å². The zero-order valence-corrected chi connectivity index (χ0v) is 11.6. The van der Waals surface area contributed by atoms with Gasteiger partial charge in [0.15, 0.2) is 0 Å². The Morgan fingerprint density at radius 2 is 2.11 bits per heavy atom. The summed E-state index contributed by atoms with van der Waals surface area (Å²) in [4.78, 5) is 13.5. The van der Waals surface area contributed by atoms with Gasteiger partial charge in [0.2, 0.25) is 0 Å². The molecule has 0 spiro atoms. The third kappa shape index (κ3) is 3.30. The fraction of sp³-hybridized carbons (Fsp3) is 0.462. The number of carboxylic acid groups (broad SMARTS) is 1. The number of carbonyl (C=O) groups is 1. The van der Waals surface area contributed by atoms with E-state index in [1.54, 1.807) is 6.07 Å². The number of nitrogens with two attached hydrogens (primary N) is 1. The Kier molecular flexibility index (Phi) is 4.17. The summed E-state index contributed by atoms with van der Waals surface area (Å²) in [6.07, 6.45) is 1.94. The van der Waals surface area contributed by atoms with Crippen molar-refractivity contribution >= 4 is 28.9 Å². The average molecular weight is 284 g/mol. The molecule has 5 nitrogen and oxygen atoms in total. The van der Waals surface area contributed by atoms with Crippen LogP contribution in [0.3, 0.4) is 0 Å². The third-order valence-electron chi connectivity index (χ3n) is 3.41. The Morgan fingerprint density at radius 1 is 1.47 bits per heavy atom. The molecule has 1 aromatic rings. The van der Waals surface area contributed by atoms with E-state index in [9.17, 15) is 9.90 Å². The average Bonchev–Trinajstić information content (AvgIpc) is 2.34. The Labute approximate surface area is 117 Å². The molecule has 0 aliphatic carbocycles. The van der Waals surface area contributed by atoms with Crippen molar-refractivity contribution in [3.05, 3.63) is 22.7 Å². The molecule has 0 aromatic heterocycles. The highest BCUT2D eigenvalue weighted by molar-refractivity contribution is 6.34. The van der Waals surface area contributed by atoms with E-state index in [-0.39, 0.29) is 11.6 Å². The van der Waals surface area contributed by atoms with Crippen molar-refractivity contribution in [2.75, 3.05) is 31.2 Å². The van der Waals surface area contributed by atoms with Crippen molar-refractivity contribution in [3.8, 4) is 0 Å². The lowest BCUT2D eigenvalue weighted by molar-refractivity contribution is 0.0698. The van der Waals surface area contributed by atoms with E-state index in [0.717, 1.165) is 25.9 Å². The largest absolute Gasteiger partial charge is 0.478 e. The molecule has 104 valence electrons. The fourth-order valence-electron chi connectivity index (χ4n) is 2.30. The number of aromatic carboxylic acids is 1. The van der Waals surface area contributed by atoms with Crippen LogP contribution in [-0.4, -0.2) is 42.2 Å². The lowest BCUT2D eigenvalue weighted by Crippen LogP contribution is -2.37. The second kappa shape index (κ2) is 5.67. The summed E-state index contributed by atoms with van der Waals surface area (Å²) in [6.45, 7) is 1.99. The maximum atomic E-state index is 11.3. The minimum absolute atomic E-state index is 0.129. The molecule has 1 fully saturated rings. The second-order valence-corrected chi connectivity index (χ2v) is 5.36. The molecule has 1 aromatic carbocycles. The number of piperidine rings is 1. The summed E-state index contributed by atoms with van der Waals surface area (Å²) in [7, 11) is 2.08. The molecule has 6 heteroatoms. The van der Waals surface area contributed by atoms with Gasteiger partial charge in [-0.1, -0.05) is 11.6 Å². The molecule has 19 heavy (non-hydrogen) atoms. The van der Waals surface area contributed by atoms with Crippen LogP contribution in [0.2, 0.25) is 5.02 Å². The summed E-state index contributed by atoms with van der Waals surface area (Å²) >= 11 is 6.11. The minimum atomic E-state index is -1.02. The molecular formula is C13H18ClN3O2. The van der Waals surface area contributed by atoms with Gasteiger partial charge in [-0.15, -0.1) is 0 Å². The molecule has 0 radical (unpaired) electrons. The number of nitrogens with one attached hydrogen (secondary N) is 1. The number of nitrogens with zero attached hydrogens (tertiary/aromatic N) is 1. The summed E-state index contributed by atoms with van der Waals surface area (Å²) in [5.74, 6) is -1.02. The third-order valence-corrected chi connectivity index (χ3v) is 3.71. The van der Waals surface area contributed by atoms with Gasteiger partial charge in [0.05, 0.1) is 16.3 Å². The van der Waals surface area contributed by atoms with Crippen molar-refractivity contribution in [1.29, 1.82) is 0 Å². The van der Waals surface area contributed by atoms with Gasteiger partial charge in [-0.25, -0.2) is 4.79 Å². The highest BCUT2D eigenvalue weighted by Crippen LogP contribution is 2.31. The Hall–Kier alpha value is -1.46. The van der Waals surface area contributed by atoms with Crippen LogP contribution >= 0.6 is 11.6 Å². The molecule has 1 heterocycles. The number of hydrogen-bond donors (Lipinski definition) is 3. The lowest BCUT2D eigenvalue weighted by atomic mass is 10.0. The monoisotopic (exact) mass is 283 g/mol. The first-order valence-electron chi connectivity index (χ1n) is 6.24. The number of anilines is 2. The normalized spacial score (nSPS) is 17.4. The molecule has 2 rings (SSSR count). The summed E-state index contributed by atoms with van der Waals surface area (Å²) in [5.41, 5.74) is 6.59. The quantitative estimate of drug-likeness (QED) is 0.741. The number of carboxylic acids is 1. The maximum Gasteiger partial charge on any atom is 0.337 e. The molecule has 1 aliphatic heterocycles. The predicted molar refractivity (Wildman–Crippen MR) is 77.0 cm³/mol. The Morgan fingerprint density at radius 3 is 2.68 bits per heavy atom. The van der Waals surface area contributed by atoms with Gasteiger partial charge in [-0.2, -0.15) is 0 Å². The molecule has 1 aliphatic rings. The van der Waals surface area contributed by atoms with Crippen LogP contribution in [-0.2, 0) is 0 Å². The summed E-state index contributed by atoms with van der Waals surface area (Å²) < 4.78 is 0.